The predicted octanol–water partition coefficient (Wildman–Crippen LogP) is -0.357. The molecule has 0 aromatic carbocycles. The Kier molecular flexibility index (Phi) is 14.8. The van der Waals surface area contributed by atoms with Crippen LogP contribution in [0.2, 0.25) is 0 Å². The first-order chi connectivity index (χ1) is 21.5. The number of hydrogen-bond donors (Lipinski definition) is 0. The minimum absolute atomic E-state index is 0.0563. The Balaban J connectivity index is 2.70. The Morgan fingerprint density at radius 3 is 1.22 bits per heavy atom. The van der Waals surface area contributed by atoms with Crippen LogP contribution in [0.15, 0.2) is 0 Å². The highest BCUT2D eigenvalue weighted by atomic mass is 16.8. The lowest BCUT2D eigenvalue weighted by Crippen LogP contribution is -2.67. The van der Waals surface area contributed by atoms with Gasteiger partial charge in [-0.2, -0.15) is 0 Å². The highest BCUT2D eigenvalue weighted by molar-refractivity contribution is 5.69. The SMILES string of the molecule is CCO[C@H]1O[C@H](COC(C)=O)[C@@H](O[C@H]2O[C@H](COC(C)=O)[C@@H](OC(C)=O)[C@H](OC(C)=O)[C@H]2OC(C)=O)[C@H](OC(C)=O)[C@H]1OC(C)=O. The Labute approximate surface area is 264 Å². The number of carbonyl (C=O) groups excluding carboxylic acids is 7. The van der Waals surface area contributed by atoms with Crippen LogP contribution in [0, 0.1) is 0 Å². The first-order valence-corrected chi connectivity index (χ1v) is 14.2. The fourth-order valence-electron chi connectivity index (χ4n) is 4.77. The van der Waals surface area contributed by atoms with Crippen molar-refractivity contribution in [1.82, 2.24) is 0 Å². The van der Waals surface area contributed by atoms with Gasteiger partial charge in [0.1, 0.15) is 31.5 Å². The van der Waals surface area contributed by atoms with Crippen molar-refractivity contribution in [3.63, 3.8) is 0 Å². The van der Waals surface area contributed by atoms with E-state index in [1.165, 1.54) is 0 Å². The predicted molar refractivity (Wildman–Crippen MR) is 145 cm³/mol. The molecule has 0 bridgehead atoms. The van der Waals surface area contributed by atoms with E-state index in [9.17, 15) is 33.6 Å². The molecule has 10 atom stereocenters. The summed E-state index contributed by atoms with van der Waals surface area (Å²) >= 11 is 0. The van der Waals surface area contributed by atoms with Crippen molar-refractivity contribution in [2.45, 2.75) is 117 Å². The third-order valence-electron chi connectivity index (χ3n) is 6.22. The van der Waals surface area contributed by atoms with E-state index in [0.29, 0.717) is 0 Å². The molecule has 0 radical (unpaired) electrons. The highest BCUT2D eigenvalue weighted by Gasteiger charge is 2.57. The van der Waals surface area contributed by atoms with Crippen molar-refractivity contribution < 1.29 is 85.7 Å². The van der Waals surface area contributed by atoms with E-state index in [1.54, 1.807) is 6.92 Å². The molecule has 2 fully saturated rings. The minimum atomic E-state index is -1.76. The smallest absolute Gasteiger partial charge is 0.303 e. The molecule has 2 rings (SSSR count). The molecule has 0 amide bonds. The maximum atomic E-state index is 12.3. The summed E-state index contributed by atoms with van der Waals surface area (Å²) in [6, 6.07) is 0. The molecule has 2 saturated heterocycles. The zero-order valence-corrected chi connectivity index (χ0v) is 26.7. The average Bonchev–Trinajstić information content (AvgIpc) is 2.91. The van der Waals surface area contributed by atoms with E-state index in [2.05, 4.69) is 0 Å². The van der Waals surface area contributed by atoms with E-state index in [0.717, 1.165) is 48.5 Å². The molecule has 18 nitrogen and oxygen atoms in total. The maximum Gasteiger partial charge on any atom is 0.303 e. The van der Waals surface area contributed by atoms with Gasteiger partial charge in [0, 0.05) is 55.1 Å². The van der Waals surface area contributed by atoms with Crippen LogP contribution in [-0.2, 0) is 85.7 Å². The van der Waals surface area contributed by atoms with E-state index < -0.39 is 116 Å². The van der Waals surface area contributed by atoms with E-state index in [4.69, 9.17) is 52.1 Å². The molecule has 2 aliphatic rings. The number of hydrogen-bond acceptors (Lipinski definition) is 18. The Morgan fingerprint density at radius 2 is 0.804 bits per heavy atom. The van der Waals surface area contributed by atoms with Crippen molar-refractivity contribution >= 4 is 41.8 Å². The van der Waals surface area contributed by atoms with Crippen molar-refractivity contribution in [3.8, 4) is 0 Å². The second kappa shape index (κ2) is 17.7. The second-order valence-corrected chi connectivity index (χ2v) is 10.1. The summed E-state index contributed by atoms with van der Waals surface area (Å²) in [4.78, 5) is 84.4. The van der Waals surface area contributed by atoms with Gasteiger partial charge in [-0.1, -0.05) is 0 Å². The van der Waals surface area contributed by atoms with Crippen LogP contribution < -0.4 is 0 Å². The van der Waals surface area contributed by atoms with Crippen molar-refractivity contribution in [2.75, 3.05) is 19.8 Å². The molecule has 0 spiro atoms. The van der Waals surface area contributed by atoms with Crippen LogP contribution in [0.4, 0.5) is 0 Å². The van der Waals surface area contributed by atoms with E-state index in [-0.39, 0.29) is 6.61 Å². The van der Waals surface area contributed by atoms with Crippen LogP contribution in [0.3, 0.4) is 0 Å². The summed E-state index contributed by atoms with van der Waals surface area (Å²) < 4.78 is 61.2. The molecule has 0 saturated carbocycles. The number of carbonyl (C=O) groups is 7. The van der Waals surface area contributed by atoms with Crippen LogP contribution in [0.1, 0.15) is 55.4 Å². The van der Waals surface area contributed by atoms with Gasteiger partial charge in [-0.25, -0.2) is 0 Å². The van der Waals surface area contributed by atoms with Crippen molar-refractivity contribution in [1.29, 1.82) is 0 Å². The highest BCUT2D eigenvalue weighted by Crippen LogP contribution is 2.35. The lowest BCUT2D eigenvalue weighted by molar-refractivity contribution is -0.360. The fraction of sp³-hybridized carbons (Fsp3) is 0.750. The maximum absolute atomic E-state index is 12.3. The van der Waals surface area contributed by atoms with Crippen molar-refractivity contribution in [2.24, 2.45) is 0 Å². The molecule has 18 heteroatoms. The first-order valence-electron chi connectivity index (χ1n) is 14.2. The summed E-state index contributed by atoms with van der Waals surface area (Å²) in [6.07, 6.45) is -15.0. The molecule has 0 unspecified atom stereocenters. The zero-order valence-electron chi connectivity index (χ0n) is 26.7. The summed E-state index contributed by atoms with van der Waals surface area (Å²) in [6.45, 7) is 8.16. The van der Waals surface area contributed by atoms with Crippen LogP contribution in [0.5, 0.6) is 0 Å². The molecule has 0 aromatic rings. The molecular weight excluding hydrogens is 624 g/mol. The monoisotopic (exact) mass is 664 g/mol. The summed E-state index contributed by atoms with van der Waals surface area (Å²) in [5.41, 5.74) is 0. The van der Waals surface area contributed by atoms with Gasteiger partial charge in [0.2, 0.25) is 0 Å². The van der Waals surface area contributed by atoms with Gasteiger partial charge in [-0.05, 0) is 6.92 Å². The Morgan fingerprint density at radius 1 is 0.457 bits per heavy atom. The molecule has 0 N–H and O–H groups in total. The van der Waals surface area contributed by atoms with Crippen LogP contribution in [0.25, 0.3) is 0 Å². The largest absolute Gasteiger partial charge is 0.463 e. The number of ether oxygens (including phenoxy) is 11. The zero-order chi connectivity index (χ0) is 34.7. The third-order valence-corrected chi connectivity index (χ3v) is 6.22. The van der Waals surface area contributed by atoms with Crippen molar-refractivity contribution in [3.05, 3.63) is 0 Å². The van der Waals surface area contributed by atoms with Crippen LogP contribution in [-0.4, -0.2) is 123 Å². The van der Waals surface area contributed by atoms with Gasteiger partial charge in [-0.15, -0.1) is 0 Å². The second-order valence-electron chi connectivity index (χ2n) is 10.1. The summed E-state index contributed by atoms with van der Waals surface area (Å²) in [7, 11) is 0. The summed E-state index contributed by atoms with van der Waals surface area (Å²) in [5.74, 6) is -5.73. The van der Waals surface area contributed by atoms with Gasteiger partial charge in [0.05, 0.1) is 0 Å². The van der Waals surface area contributed by atoms with E-state index >= 15 is 0 Å². The minimum Gasteiger partial charge on any atom is -0.463 e. The molecule has 260 valence electrons. The Bertz CT molecular complexity index is 1120. The quantitative estimate of drug-likeness (QED) is 0.181. The molecule has 0 aromatic heterocycles. The van der Waals surface area contributed by atoms with Gasteiger partial charge in [0.15, 0.2) is 43.1 Å². The lowest BCUT2D eigenvalue weighted by atomic mass is 9.96. The average molecular weight is 665 g/mol. The molecule has 2 heterocycles. The lowest BCUT2D eigenvalue weighted by Gasteiger charge is -2.48. The fourth-order valence-corrected chi connectivity index (χ4v) is 4.77. The molecule has 46 heavy (non-hydrogen) atoms. The molecular formula is C28H40O18. The summed E-state index contributed by atoms with van der Waals surface area (Å²) in [5, 5.41) is 0. The normalized spacial score (nSPS) is 30.6. The van der Waals surface area contributed by atoms with Gasteiger partial charge >= 0.3 is 41.8 Å². The molecule has 0 aliphatic carbocycles. The standard InChI is InChI=1S/C28H40O18/c1-9-36-27-25(42-17(7)34)24(41-16(6)33)22(20(44-27)11-38-13(3)30)46-28-26(43-18(8)35)23(40-15(5)32)21(39-14(4)31)19(45-28)10-37-12(2)29/h19-28H,9-11H2,1-8H3/t19-,20-,21-,22-,23+,24+,25-,26-,27+,28-/m1/s1. The molecule has 2 aliphatic heterocycles. The topological polar surface area (TPSA) is 221 Å². The third kappa shape index (κ3) is 11.5. The number of esters is 7. The van der Waals surface area contributed by atoms with Gasteiger partial charge in [-0.3, -0.25) is 33.6 Å². The van der Waals surface area contributed by atoms with E-state index in [1.807, 2.05) is 0 Å². The van der Waals surface area contributed by atoms with Crippen LogP contribution >= 0.6 is 0 Å². The number of rotatable bonds is 13. The Hall–Kier alpha value is -3.87. The van der Waals surface area contributed by atoms with Gasteiger partial charge in [0.25, 0.3) is 0 Å². The first kappa shape index (κ1) is 38.3. The van der Waals surface area contributed by atoms with Gasteiger partial charge < -0.3 is 52.1 Å².